The molecule has 120 valence electrons. The summed E-state index contributed by atoms with van der Waals surface area (Å²) >= 11 is 0. The summed E-state index contributed by atoms with van der Waals surface area (Å²) in [5.74, 6) is -1.23. The predicted octanol–water partition coefficient (Wildman–Crippen LogP) is 1.53. The lowest BCUT2D eigenvalue weighted by Crippen LogP contribution is -2.18. The van der Waals surface area contributed by atoms with Crippen molar-refractivity contribution in [3.05, 3.63) is 59.8 Å². The minimum absolute atomic E-state index is 0.0194. The molecule has 8 nitrogen and oxygen atoms in total. The highest BCUT2D eigenvalue weighted by molar-refractivity contribution is 6.07. The molecule has 0 radical (unpaired) electrons. The minimum Gasteiger partial charge on any atom is -0.364 e. The van der Waals surface area contributed by atoms with E-state index in [1.165, 1.54) is 12.4 Å². The third-order valence-corrected chi connectivity index (χ3v) is 3.35. The van der Waals surface area contributed by atoms with E-state index in [-0.39, 0.29) is 17.1 Å². The number of aromatic amines is 1. The monoisotopic (exact) mass is 322 g/mol. The van der Waals surface area contributed by atoms with Gasteiger partial charge in [0.1, 0.15) is 11.4 Å². The lowest BCUT2D eigenvalue weighted by molar-refractivity contribution is 0.0996. The topological polar surface area (TPSA) is 127 Å². The smallest absolute Gasteiger partial charge is 0.275 e. The van der Waals surface area contributed by atoms with Crippen LogP contribution in [0, 0.1) is 6.92 Å². The standard InChI is InChI=1S/C16H14N6O2/c1-9-2-4-10(5-3-9)11-6-18-7-13(20-11)16(24)21-12-8-19-22-14(12)15(17)23/h2-8H,1H3,(H2,17,23)(H,19,22)(H,21,24). The summed E-state index contributed by atoms with van der Waals surface area (Å²) < 4.78 is 0. The number of anilines is 1. The van der Waals surface area contributed by atoms with E-state index in [0.29, 0.717) is 5.69 Å². The number of hydrogen-bond donors (Lipinski definition) is 3. The van der Waals surface area contributed by atoms with Gasteiger partial charge < -0.3 is 11.1 Å². The number of rotatable bonds is 4. The Bertz CT molecular complexity index is 901. The number of carbonyl (C=O) groups excluding carboxylic acids is 2. The summed E-state index contributed by atoms with van der Waals surface area (Å²) in [4.78, 5) is 31.9. The molecular formula is C16H14N6O2. The Balaban J connectivity index is 1.85. The number of nitrogens with one attached hydrogen (secondary N) is 2. The maximum atomic E-state index is 12.3. The molecule has 0 spiro atoms. The number of primary amides is 1. The third kappa shape index (κ3) is 3.12. The summed E-state index contributed by atoms with van der Waals surface area (Å²) in [6.07, 6.45) is 4.22. The van der Waals surface area contributed by atoms with Gasteiger partial charge in [0, 0.05) is 5.56 Å². The molecule has 0 bridgehead atoms. The molecular weight excluding hydrogens is 308 g/mol. The maximum absolute atomic E-state index is 12.3. The second-order valence-electron chi connectivity index (χ2n) is 5.13. The van der Waals surface area contributed by atoms with Gasteiger partial charge >= 0.3 is 0 Å². The molecule has 24 heavy (non-hydrogen) atoms. The Kier molecular flexibility index (Phi) is 4.02. The van der Waals surface area contributed by atoms with Crippen LogP contribution in [0.2, 0.25) is 0 Å². The van der Waals surface area contributed by atoms with Crippen molar-refractivity contribution in [3.8, 4) is 11.3 Å². The van der Waals surface area contributed by atoms with Gasteiger partial charge in [-0.1, -0.05) is 29.8 Å². The lowest BCUT2D eigenvalue weighted by Gasteiger charge is -2.06. The SMILES string of the molecule is Cc1ccc(-c2cncc(C(=O)Nc3cn[nH]c3C(N)=O)n2)cc1. The fraction of sp³-hybridized carbons (Fsp3) is 0.0625. The van der Waals surface area contributed by atoms with E-state index < -0.39 is 11.8 Å². The molecule has 0 saturated heterocycles. The summed E-state index contributed by atoms with van der Waals surface area (Å²) in [6, 6.07) is 7.72. The molecule has 3 aromatic rings. The molecule has 2 heterocycles. The van der Waals surface area contributed by atoms with Gasteiger partial charge in [-0.2, -0.15) is 5.10 Å². The van der Waals surface area contributed by atoms with E-state index in [1.807, 2.05) is 31.2 Å². The van der Waals surface area contributed by atoms with Gasteiger partial charge in [-0.05, 0) is 6.92 Å². The van der Waals surface area contributed by atoms with E-state index >= 15 is 0 Å². The summed E-state index contributed by atoms with van der Waals surface area (Å²) in [7, 11) is 0. The first-order chi connectivity index (χ1) is 11.5. The van der Waals surface area contributed by atoms with Crippen LogP contribution in [0.3, 0.4) is 0 Å². The van der Waals surface area contributed by atoms with Crippen LogP contribution in [0.1, 0.15) is 26.5 Å². The van der Waals surface area contributed by atoms with Gasteiger partial charge in [-0.25, -0.2) is 4.98 Å². The summed E-state index contributed by atoms with van der Waals surface area (Å²) in [5, 5.41) is 8.66. The molecule has 0 unspecified atom stereocenters. The number of carbonyl (C=O) groups is 2. The van der Waals surface area contributed by atoms with E-state index in [0.717, 1.165) is 11.1 Å². The Morgan fingerprint density at radius 2 is 1.88 bits per heavy atom. The van der Waals surface area contributed by atoms with Gasteiger partial charge in [0.15, 0.2) is 0 Å². The van der Waals surface area contributed by atoms with E-state index in [2.05, 4.69) is 25.5 Å². The van der Waals surface area contributed by atoms with Crippen molar-refractivity contribution in [1.29, 1.82) is 0 Å². The van der Waals surface area contributed by atoms with Crippen LogP contribution in [0.15, 0.2) is 42.9 Å². The van der Waals surface area contributed by atoms with Crippen molar-refractivity contribution in [2.45, 2.75) is 6.92 Å². The van der Waals surface area contributed by atoms with Crippen molar-refractivity contribution in [3.63, 3.8) is 0 Å². The molecule has 0 aliphatic heterocycles. The maximum Gasteiger partial charge on any atom is 0.275 e. The highest BCUT2D eigenvalue weighted by Gasteiger charge is 2.16. The van der Waals surface area contributed by atoms with E-state index in [9.17, 15) is 9.59 Å². The molecule has 2 amide bonds. The van der Waals surface area contributed by atoms with Crippen molar-refractivity contribution in [2.75, 3.05) is 5.32 Å². The largest absolute Gasteiger partial charge is 0.364 e. The second kappa shape index (κ2) is 6.29. The number of nitrogens with two attached hydrogens (primary N) is 1. The molecule has 0 saturated carbocycles. The van der Waals surface area contributed by atoms with E-state index in [4.69, 9.17) is 5.73 Å². The van der Waals surface area contributed by atoms with Crippen LogP contribution in [0.25, 0.3) is 11.3 Å². The van der Waals surface area contributed by atoms with Crippen LogP contribution in [-0.4, -0.2) is 32.0 Å². The van der Waals surface area contributed by atoms with Crippen molar-refractivity contribution in [2.24, 2.45) is 5.73 Å². The predicted molar refractivity (Wildman–Crippen MR) is 87.3 cm³/mol. The number of aryl methyl sites for hydroxylation is 1. The second-order valence-corrected chi connectivity index (χ2v) is 5.13. The fourth-order valence-corrected chi connectivity index (χ4v) is 2.09. The number of benzene rings is 1. The zero-order valence-electron chi connectivity index (χ0n) is 12.8. The molecule has 3 rings (SSSR count). The van der Waals surface area contributed by atoms with Crippen molar-refractivity contribution in [1.82, 2.24) is 20.2 Å². The quantitative estimate of drug-likeness (QED) is 0.671. The van der Waals surface area contributed by atoms with Gasteiger partial charge in [0.25, 0.3) is 11.8 Å². The zero-order chi connectivity index (χ0) is 17.1. The Hall–Kier alpha value is -3.55. The molecule has 8 heteroatoms. The van der Waals surface area contributed by atoms with E-state index in [1.54, 1.807) is 6.20 Å². The lowest BCUT2D eigenvalue weighted by atomic mass is 10.1. The van der Waals surface area contributed by atoms with Crippen molar-refractivity contribution >= 4 is 17.5 Å². The normalized spacial score (nSPS) is 10.4. The van der Waals surface area contributed by atoms with Crippen LogP contribution >= 0.6 is 0 Å². The average Bonchev–Trinajstić information content (AvgIpc) is 3.04. The molecule has 1 aromatic carbocycles. The Morgan fingerprint density at radius 3 is 2.58 bits per heavy atom. The van der Waals surface area contributed by atoms with Crippen LogP contribution < -0.4 is 11.1 Å². The molecule has 0 aliphatic rings. The first-order valence-electron chi connectivity index (χ1n) is 7.08. The Morgan fingerprint density at radius 1 is 1.12 bits per heavy atom. The average molecular weight is 322 g/mol. The van der Waals surface area contributed by atoms with Crippen LogP contribution in [0.4, 0.5) is 5.69 Å². The fourth-order valence-electron chi connectivity index (χ4n) is 2.09. The molecule has 0 aliphatic carbocycles. The molecule has 2 aromatic heterocycles. The first kappa shape index (κ1) is 15.3. The number of amides is 2. The minimum atomic E-state index is -0.720. The third-order valence-electron chi connectivity index (χ3n) is 3.35. The molecule has 4 N–H and O–H groups in total. The number of aromatic nitrogens is 4. The van der Waals surface area contributed by atoms with Crippen molar-refractivity contribution < 1.29 is 9.59 Å². The van der Waals surface area contributed by atoms with Gasteiger partial charge in [-0.3, -0.25) is 19.7 Å². The molecule has 0 atom stereocenters. The van der Waals surface area contributed by atoms with Gasteiger partial charge in [0.2, 0.25) is 0 Å². The first-order valence-corrected chi connectivity index (χ1v) is 7.08. The molecule has 0 fully saturated rings. The number of nitrogens with zero attached hydrogens (tertiary/aromatic N) is 3. The van der Waals surface area contributed by atoms with Gasteiger partial charge in [0.05, 0.1) is 30.0 Å². The highest BCUT2D eigenvalue weighted by atomic mass is 16.2. The van der Waals surface area contributed by atoms with Crippen LogP contribution in [0.5, 0.6) is 0 Å². The number of H-pyrrole nitrogens is 1. The zero-order valence-corrected chi connectivity index (χ0v) is 12.8. The van der Waals surface area contributed by atoms with Crippen LogP contribution in [-0.2, 0) is 0 Å². The number of hydrogen-bond acceptors (Lipinski definition) is 5. The van der Waals surface area contributed by atoms with Gasteiger partial charge in [-0.15, -0.1) is 0 Å². The summed E-state index contributed by atoms with van der Waals surface area (Å²) in [5.41, 5.74) is 8.07. The summed E-state index contributed by atoms with van der Waals surface area (Å²) in [6.45, 7) is 1.99. The highest BCUT2D eigenvalue weighted by Crippen LogP contribution is 2.17. The Labute approximate surface area is 137 Å².